The van der Waals surface area contributed by atoms with Gasteiger partial charge < -0.3 is 4.74 Å². The van der Waals surface area contributed by atoms with Crippen LogP contribution in [0, 0.1) is 0 Å². The van der Waals surface area contributed by atoms with Crippen LogP contribution in [0.25, 0.3) is 0 Å². The molecule has 1 saturated heterocycles. The van der Waals surface area contributed by atoms with Crippen molar-refractivity contribution in [2.75, 3.05) is 38.6 Å². The highest BCUT2D eigenvalue weighted by Crippen LogP contribution is 2.31. The predicted molar refractivity (Wildman–Crippen MR) is 130 cm³/mol. The number of ether oxygens (including phenoxy) is 1. The van der Waals surface area contributed by atoms with Crippen molar-refractivity contribution in [2.24, 2.45) is 0 Å². The van der Waals surface area contributed by atoms with Crippen LogP contribution >= 0.6 is 11.8 Å². The number of carbonyl (C=O) groups excluding carboxylic acids is 1. The molecule has 0 aromatic heterocycles. The lowest BCUT2D eigenvalue weighted by Crippen LogP contribution is -2.39. The topological polar surface area (TPSA) is 29.5 Å². The summed E-state index contributed by atoms with van der Waals surface area (Å²) in [5, 5.41) is 0.258. The first kappa shape index (κ1) is 22.2. The Labute approximate surface area is 192 Å². The van der Waals surface area contributed by atoms with Crippen molar-refractivity contribution in [2.45, 2.75) is 21.1 Å². The van der Waals surface area contributed by atoms with E-state index in [9.17, 15) is 4.79 Å². The molecule has 5 heteroatoms. The van der Waals surface area contributed by atoms with Crippen LogP contribution in [-0.2, 0) is 26.8 Å². The summed E-state index contributed by atoms with van der Waals surface area (Å²) >= 11 is 1.45. The van der Waals surface area contributed by atoms with Crippen LogP contribution in [0.15, 0.2) is 99.6 Å². The second kappa shape index (κ2) is 11.5. The zero-order valence-corrected chi connectivity index (χ0v) is 19.2. The van der Waals surface area contributed by atoms with Gasteiger partial charge >= 0.3 is 0 Å². The normalized spacial score (nSPS) is 14.6. The molecule has 0 atom stereocenters. The third-order valence-electron chi connectivity index (χ3n) is 5.23. The lowest BCUT2D eigenvalue weighted by molar-refractivity contribution is -0.113. The fourth-order valence-electron chi connectivity index (χ4n) is 3.58. The minimum absolute atomic E-state index is 0.115. The largest absolute Gasteiger partial charge is 0.379 e. The van der Waals surface area contributed by atoms with E-state index in [1.54, 1.807) is 0 Å². The smallest absolute Gasteiger partial charge is 0.202 e. The van der Waals surface area contributed by atoms with Gasteiger partial charge in [0.15, 0.2) is 14.7 Å². The maximum atomic E-state index is 12.2. The first-order chi connectivity index (χ1) is 15.3. The van der Waals surface area contributed by atoms with E-state index in [1.165, 1.54) is 32.0 Å². The zero-order chi connectivity index (χ0) is 21.3. The van der Waals surface area contributed by atoms with Crippen molar-refractivity contribution >= 4 is 27.8 Å². The van der Waals surface area contributed by atoms with E-state index in [0.29, 0.717) is 6.54 Å². The van der Waals surface area contributed by atoms with Crippen LogP contribution in [0.1, 0.15) is 5.56 Å². The molecule has 0 saturated carbocycles. The molecule has 1 aliphatic heterocycles. The minimum atomic E-state index is -0.115. The van der Waals surface area contributed by atoms with Gasteiger partial charge in [-0.3, -0.25) is 9.69 Å². The van der Waals surface area contributed by atoms with Gasteiger partial charge in [0.05, 0.1) is 30.7 Å². The van der Waals surface area contributed by atoms with Crippen LogP contribution in [0.4, 0.5) is 0 Å². The number of morpholine rings is 1. The van der Waals surface area contributed by atoms with Crippen LogP contribution in [0.2, 0.25) is 0 Å². The van der Waals surface area contributed by atoms with E-state index in [4.69, 9.17) is 4.74 Å². The monoisotopic (exact) mass is 450 g/mol. The summed E-state index contributed by atoms with van der Waals surface area (Å²) in [5.74, 6) is 0.825. The van der Waals surface area contributed by atoms with Crippen molar-refractivity contribution in [1.29, 1.82) is 0 Å². The number of carbonyl (C=O) groups is 1. The highest BCUT2D eigenvalue weighted by Gasteiger charge is 2.28. The number of benzene rings is 3. The maximum Gasteiger partial charge on any atom is 0.202 e. The molecule has 31 heavy (non-hydrogen) atoms. The fraction of sp³-hybridized carbons (Fsp3) is 0.269. The van der Waals surface area contributed by atoms with Crippen molar-refractivity contribution in [3.63, 3.8) is 0 Å². The molecular formula is C26H28NO2S2+. The van der Waals surface area contributed by atoms with Gasteiger partial charge in [0, 0.05) is 18.8 Å². The number of thioether (sulfide) groups is 1. The molecule has 3 aromatic rings. The van der Waals surface area contributed by atoms with Gasteiger partial charge in [-0.25, -0.2) is 0 Å². The Hall–Kier alpha value is -2.05. The summed E-state index contributed by atoms with van der Waals surface area (Å²) < 4.78 is 5.34. The third-order valence-corrected chi connectivity index (χ3v) is 8.32. The molecule has 1 fully saturated rings. The highest BCUT2D eigenvalue weighted by molar-refractivity contribution is 8.13. The van der Waals surface area contributed by atoms with Crippen molar-refractivity contribution < 1.29 is 9.53 Å². The van der Waals surface area contributed by atoms with Gasteiger partial charge in [0.2, 0.25) is 5.12 Å². The molecule has 0 N–H and O–H groups in total. The highest BCUT2D eigenvalue weighted by atomic mass is 32.2. The Balaban J connectivity index is 1.36. The van der Waals surface area contributed by atoms with Gasteiger partial charge in [-0.2, -0.15) is 0 Å². The molecule has 0 bridgehead atoms. The molecule has 0 unspecified atom stereocenters. The first-order valence-corrected chi connectivity index (χ1v) is 12.9. The molecule has 160 valence electrons. The van der Waals surface area contributed by atoms with Gasteiger partial charge in [-0.15, -0.1) is 0 Å². The summed E-state index contributed by atoms with van der Waals surface area (Å²) in [7, 11) is -0.115. The lowest BCUT2D eigenvalue weighted by atomic mass is 10.2. The van der Waals surface area contributed by atoms with Crippen LogP contribution < -0.4 is 0 Å². The van der Waals surface area contributed by atoms with Crippen molar-refractivity contribution in [3.8, 4) is 0 Å². The second-order valence-corrected chi connectivity index (χ2v) is 10.6. The Morgan fingerprint density at radius 2 is 1.35 bits per heavy atom. The molecule has 0 amide bonds. The second-order valence-electron chi connectivity index (χ2n) is 7.44. The quantitative estimate of drug-likeness (QED) is 0.456. The summed E-state index contributed by atoms with van der Waals surface area (Å²) in [6.07, 6.45) is 0.907. The zero-order valence-electron chi connectivity index (χ0n) is 17.6. The fourth-order valence-corrected chi connectivity index (χ4v) is 6.51. The van der Waals surface area contributed by atoms with Crippen LogP contribution in [0.5, 0.6) is 0 Å². The first-order valence-electron chi connectivity index (χ1n) is 10.7. The average Bonchev–Trinajstić information content (AvgIpc) is 2.82. The Bertz CT molecular complexity index is 903. The van der Waals surface area contributed by atoms with E-state index in [-0.39, 0.29) is 16.0 Å². The number of rotatable bonds is 8. The van der Waals surface area contributed by atoms with Crippen LogP contribution in [0.3, 0.4) is 0 Å². The van der Waals surface area contributed by atoms with Gasteiger partial charge in [-0.05, 0) is 48.4 Å². The Morgan fingerprint density at radius 3 is 1.94 bits per heavy atom. The molecular weight excluding hydrogens is 422 g/mol. The van der Waals surface area contributed by atoms with E-state index in [2.05, 4.69) is 89.8 Å². The van der Waals surface area contributed by atoms with Crippen LogP contribution in [-0.4, -0.2) is 48.6 Å². The van der Waals surface area contributed by atoms with E-state index < -0.39 is 0 Å². The third kappa shape index (κ3) is 6.47. The molecule has 3 aromatic carbocycles. The molecule has 0 aliphatic carbocycles. The predicted octanol–water partition coefficient (Wildman–Crippen LogP) is 4.92. The van der Waals surface area contributed by atoms with E-state index in [1.807, 2.05) is 0 Å². The summed E-state index contributed by atoms with van der Waals surface area (Å²) in [5.41, 5.74) is 1.28. The van der Waals surface area contributed by atoms with Gasteiger partial charge in [-0.1, -0.05) is 60.3 Å². The van der Waals surface area contributed by atoms with Crippen molar-refractivity contribution in [1.82, 2.24) is 4.90 Å². The minimum Gasteiger partial charge on any atom is -0.379 e. The molecule has 1 heterocycles. The Kier molecular flexibility index (Phi) is 8.24. The van der Waals surface area contributed by atoms with Gasteiger partial charge in [0.1, 0.15) is 0 Å². The van der Waals surface area contributed by atoms with Gasteiger partial charge in [0.25, 0.3) is 0 Å². The maximum absolute atomic E-state index is 12.2. The lowest BCUT2D eigenvalue weighted by Gasteiger charge is -2.25. The summed E-state index contributed by atoms with van der Waals surface area (Å²) in [6, 6.07) is 30.3. The summed E-state index contributed by atoms with van der Waals surface area (Å²) in [4.78, 5) is 18.4. The molecule has 0 radical (unpaired) electrons. The van der Waals surface area contributed by atoms with E-state index >= 15 is 0 Å². The molecule has 0 spiro atoms. The standard InChI is InChI=1S/C26H28NO2S2/c28-26(21-27-16-18-29-19-17-27)30-20-15-22-11-13-25(14-12-22)31(23-7-3-1-4-8-23)24-9-5-2-6-10-24/h1-14H,15-21H2/q+1. The number of hydrogen-bond donors (Lipinski definition) is 0. The molecule has 3 nitrogen and oxygen atoms in total. The summed E-state index contributed by atoms with van der Waals surface area (Å²) in [6.45, 7) is 3.72. The SMILES string of the molecule is O=C(CN1CCOCC1)SCCc1ccc([S+](c2ccccc2)c2ccccc2)cc1. The number of nitrogens with zero attached hydrogens (tertiary/aromatic N) is 1. The Morgan fingerprint density at radius 1 is 0.806 bits per heavy atom. The number of aryl methyl sites for hydroxylation is 1. The molecule has 4 rings (SSSR count). The van der Waals surface area contributed by atoms with Crippen molar-refractivity contribution in [3.05, 3.63) is 90.5 Å². The molecule has 1 aliphatic rings. The number of hydrogen-bond acceptors (Lipinski definition) is 4. The average molecular weight is 451 g/mol. The van der Waals surface area contributed by atoms with E-state index in [0.717, 1.165) is 38.5 Å².